The quantitative estimate of drug-likeness (QED) is 0.175. The molecule has 0 spiro atoms. The van der Waals surface area contributed by atoms with Crippen molar-refractivity contribution in [1.82, 2.24) is 14.5 Å². The van der Waals surface area contributed by atoms with Crippen molar-refractivity contribution in [1.29, 1.82) is 0 Å². The van der Waals surface area contributed by atoms with Gasteiger partial charge in [-0.1, -0.05) is 163 Å². The summed E-state index contributed by atoms with van der Waals surface area (Å²) in [4.78, 5) is 10.6. The predicted molar refractivity (Wildman–Crippen MR) is 236 cm³/mol. The zero-order valence-corrected chi connectivity index (χ0v) is 36.7. The Bertz CT molecular complexity index is 2840. The molecule has 5 heteroatoms. The maximum atomic E-state index is 12.2. The molecule has 4 nitrogen and oxygen atoms in total. The fourth-order valence-electron chi connectivity index (χ4n) is 8.71. The van der Waals surface area contributed by atoms with Crippen LogP contribution in [-0.2, 0) is 37.3 Å². The number of phenols is 1. The second-order valence-corrected chi connectivity index (χ2v) is 18.0. The Balaban J connectivity index is 0.00000469. The van der Waals surface area contributed by atoms with Crippen molar-refractivity contribution in [3.05, 3.63) is 168 Å². The van der Waals surface area contributed by atoms with E-state index in [1.165, 1.54) is 22.3 Å². The van der Waals surface area contributed by atoms with E-state index in [-0.39, 0.29) is 43.1 Å². The molecule has 58 heavy (non-hydrogen) atoms. The first-order chi connectivity index (χ1) is 27.2. The van der Waals surface area contributed by atoms with E-state index >= 15 is 0 Å². The molecule has 6 aromatic carbocycles. The van der Waals surface area contributed by atoms with Crippen molar-refractivity contribution in [2.45, 2.75) is 71.6 Å². The number of aromatic nitrogens is 3. The molecule has 0 radical (unpaired) electrons. The maximum Gasteiger partial charge on any atom is 0.148 e. The number of para-hydroxylation sites is 2. The van der Waals surface area contributed by atoms with Gasteiger partial charge in [-0.25, -0.2) is 4.98 Å². The molecule has 0 bridgehead atoms. The standard InChI is InChI=1S/C53H48N3O.Pt/c1-51(2,3)37-31-42(49(57)44(32-37)52(4,5)6)50-55-48-39(23-17-25-45(48)56(50)38-20-13-10-14-21-38)35-28-34(33-18-11-9-12-19-33)29-36(30-35)47-46-41(26-27-54-47)40-22-15-16-24-43(40)53(46,7)8;/h9-29,31-32,57H,1-8H3;/q-1;. The van der Waals surface area contributed by atoms with Crippen molar-refractivity contribution < 1.29 is 26.2 Å². The molecular weight excluding hydrogens is 890 g/mol. The van der Waals surface area contributed by atoms with Crippen LogP contribution >= 0.6 is 0 Å². The van der Waals surface area contributed by atoms with Gasteiger partial charge in [0, 0.05) is 49.6 Å². The van der Waals surface area contributed by atoms with Crippen molar-refractivity contribution >= 4 is 11.0 Å². The average Bonchev–Trinajstić information content (AvgIpc) is 3.70. The molecule has 0 saturated carbocycles. The molecule has 2 heterocycles. The summed E-state index contributed by atoms with van der Waals surface area (Å²) in [5, 5.41) is 12.2. The molecule has 292 valence electrons. The number of pyridine rings is 1. The monoisotopic (exact) mass is 937 g/mol. The maximum absolute atomic E-state index is 12.2. The molecule has 9 rings (SSSR count). The SMILES string of the molecule is CC(C)(C)c1cc(-c2nc3c(-c4[c-]c(-c5nccc6c5C(C)(C)c5ccccc5-6)cc(-c5ccccc5)c4)cccc3n2-c2ccccc2)c(O)c(C(C)(C)C)c1.[Pt]. The predicted octanol–water partition coefficient (Wildman–Crippen LogP) is 13.5. The second-order valence-electron chi connectivity index (χ2n) is 18.0. The number of nitrogens with zero attached hydrogens (tertiary/aromatic N) is 3. The van der Waals surface area contributed by atoms with Gasteiger partial charge in [-0.2, -0.15) is 0 Å². The molecule has 1 aliphatic carbocycles. The Hall–Kier alpha value is -5.57. The Labute approximate surface area is 357 Å². The van der Waals surface area contributed by atoms with E-state index < -0.39 is 0 Å². The zero-order chi connectivity index (χ0) is 39.9. The van der Waals surface area contributed by atoms with Gasteiger partial charge in [-0.05, 0) is 74.5 Å². The number of aromatic hydroxyl groups is 1. The van der Waals surface area contributed by atoms with Gasteiger partial charge in [-0.15, -0.1) is 23.8 Å². The first-order valence-corrected chi connectivity index (χ1v) is 19.9. The molecular formula is C53H48N3OPt-. The summed E-state index contributed by atoms with van der Waals surface area (Å²) in [6.07, 6.45) is 1.94. The van der Waals surface area contributed by atoms with Crippen molar-refractivity contribution in [2.24, 2.45) is 0 Å². The second kappa shape index (κ2) is 14.4. The molecule has 0 saturated heterocycles. The molecule has 0 fully saturated rings. The van der Waals surface area contributed by atoms with Crippen LogP contribution in [0.5, 0.6) is 5.75 Å². The van der Waals surface area contributed by atoms with Crippen molar-refractivity contribution in [3.8, 4) is 67.5 Å². The van der Waals surface area contributed by atoms with Crippen molar-refractivity contribution in [2.75, 3.05) is 0 Å². The Morgan fingerprint density at radius 1 is 0.621 bits per heavy atom. The van der Waals surface area contributed by atoms with Gasteiger partial charge in [0.15, 0.2) is 0 Å². The minimum atomic E-state index is -0.292. The molecule has 0 amide bonds. The van der Waals surface area contributed by atoms with Crippen LogP contribution in [0.1, 0.15) is 77.6 Å². The fraction of sp³-hybridized carbons (Fsp3) is 0.208. The molecule has 1 N–H and O–H groups in total. The number of fused-ring (bicyclic) bond motifs is 4. The average molecular weight is 938 g/mol. The van der Waals surface area contributed by atoms with Crippen LogP contribution < -0.4 is 0 Å². The Morgan fingerprint density at radius 2 is 1.28 bits per heavy atom. The zero-order valence-electron chi connectivity index (χ0n) is 34.4. The van der Waals surface area contributed by atoms with Gasteiger partial charge in [0.1, 0.15) is 11.6 Å². The van der Waals surface area contributed by atoms with Crippen LogP contribution in [0.4, 0.5) is 0 Å². The number of hydrogen-bond donors (Lipinski definition) is 1. The number of benzene rings is 6. The van der Waals surface area contributed by atoms with Crippen LogP contribution in [0.15, 0.2) is 140 Å². The minimum absolute atomic E-state index is 0. The number of imidazole rings is 1. The van der Waals surface area contributed by atoms with Gasteiger partial charge in [-0.3, -0.25) is 9.55 Å². The van der Waals surface area contributed by atoms with Gasteiger partial charge < -0.3 is 5.11 Å². The third kappa shape index (κ3) is 6.52. The van der Waals surface area contributed by atoms with E-state index in [2.05, 4.69) is 193 Å². The molecule has 0 atom stereocenters. The van der Waals surface area contributed by atoms with Crippen molar-refractivity contribution in [3.63, 3.8) is 0 Å². The number of rotatable bonds is 5. The number of phenolic OH excluding ortho intramolecular Hbond substituents is 1. The van der Waals surface area contributed by atoms with Gasteiger partial charge in [0.05, 0.1) is 16.6 Å². The van der Waals surface area contributed by atoms with Crippen LogP contribution in [0.2, 0.25) is 0 Å². The summed E-state index contributed by atoms with van der Waals surface area (Å²) in [5.74, 6) is 0.955. The third-order valence-corrected chi connectivity index (χ3v) is 11.7. The molecule has 8 aromatic rings. The minimum Gasteiger partial charge on any atom is -0.507 e. The van der Waals surface area contributed by atoms with E-state index in [0.29, 0.717) is 11.4 Å². The molecule has 2 aromatic heterocycles. The Morgan fingerprint density at radius 3 is 1.98 bits per heavy atom. The Kier molecular flexibility index (Phi) is 9.72. The molecule has 1 aliphatic rings. The van der Waals surface area contributed by atoms with Crippen LogP contribution in [0.25, 0.3) is 72.7 Å². The van der Waals surface area contributed by atoms with Gasteiger partial charge in [0.2, 0.25) is 0 Å². The van der Waals surface area contributed by atoms with Gasteiger partial charge >= 0.3 is 0 Å². The largest absolute Gasteiger partial charge is 0.507 e. The third-order valence-electron chi connectivity index (χ3n) is 11.7. The first-order valence-electron chi connectivity index (χ1n) is 19.9. The molecule has 0 unspecified atom stereocenters. The number of hydrogen-bond acceptors (Lipinski definition) is 3. The van der Waals surface area contributed by atoms with E-state index in [1.807, 2.05) is 12.3 Å². The summed E-state index contributed by atoms with van der Waals surface area (Å²) < 4.78 is 2.19. The summed E-state index contributed by atoms with van der Waals surface area (Å²) in [6, 6.07) is 50.8. The van der Waals surface area contributed by atoms with Crippen LogP contribution in [0, 0.1) is 6.07 Å². The summed E-state index contributed by atoms with van der Waals surface area (Å²) in [7, 11) is 0. The smallest absolute Gasteiger partial charge is 0.148 e. The van der Waals surface area contributed by atoms with E-state index in [1.54, 1.807) is 0 Å². The van der Waals surface area contributed by atoms with Gasteiger partial charge in [0.25, 0.3) is 0 Å². The van der Waals surface area contributed by atoms with E-state index in [0.717, 1.165) is 61.4 Å². The fourth-order valence-corrected chi connectivity index (χ4v) is 8.71. The van der Waals surface area contributed by atoms with E-state index in [9.17, 15) is 5.11 Å². The van der Waals surface area contributed by atoms with Crippen LogP contribution in [-0.4, -0.2) is 19.6 Å². The normalized spacial score (nSPS) is 13.2. The first kappa shape index (κ1) is 39.3. The summed E-state index contributed by atoms with van der Waals surface area (Å²) in [6.45, 7) is 17.7. The topological polar surface area (TPSA) is 50.9 Å². The summed E-state index contributed by atoms with van der Waals surface area (Å²) in [5.41, 5.74) is 15.8. The summed E-state index contributed by atoms with van der Waals surface area (Å²) >= 11 is 0. The van der Waals surface area contributed by atoms with E-state index in [4.69, 9.17) is 9.97 Å². The van der Waals surface area contributed by atoms with Crippen LogP contribution in [0.3, 0.4) is 0 Å². The molecule has 0 aliphatic heterocycles.